The van der Waals surface area contributed by atoms with Crippen molar-refractivity contribution in [2.75, 3.05) is 38.7 Å². The maximum Gasteiger partial charge on any atom is 0.411 e. The molecule has 104 valence electrons. The average Bonchev–Trinajstić information content (AvgIpc) is 2.93. The first-order chi connectivity index (χ1) is 9.28. The first kappa shape index (κ1) is 13.7. The SMILES string of the molecule is COc1ccc(NC(=O)OCCN2CCCC2)cc1. The Kier molecular flexibility index (Phi) is 5.03. The van der Waals surface area contributed by atoms with Crippen LogP contribution in [0, 0.1) is 0 Å². The topological polar surface area (TPSA) is 50.8 Å². The number of nitrogens with one attached hydrogen (secondary N) is 1. The number of rotatable bonds is 5. The Morgan fingerprint density at radius 3 is 2.58 bits per heavy atom. The zero-order valence-electron chi connectivity index (χ0n) is 11.2. The Bertz CT molecular complexity index is 400. The van der Waals surface area contributed by atoms with E-state index in [2.05, 4.69) is 10.2 Å². The quantitative estimate of drug-likeness (QED) is 0.887. The van der Waals surface area contributed by atoms with Crippen molar-refractivity contribution in [3.05, 3.63) is 24.3 Å². The molecule has 1 saturated heterocycles. The summed E-state index contributed by atoms with van der Waals surface area (Å²) in [6, 6.07) is 7.14. The van der Waals surface area contributed by atoms with Gasteiger partial charge in [0.15, 0.2) is 0 Å². The lowest BCUT2D eigenvalue weighted by atomic mass is 10.3. The lowest BCUT2D eigenvalue weighted by molar-refractivity contribution is 0.146. The van der Waals surface area contributed by atoms with E-state index in [0.717, 1.165) is 25.4 Å². The molecule has 1 N–H and O–H groups in total. The summed E-state index contributed by atoms with van der Waals surface area (Å²) in [5, 5.41) is 2.68. The van der Waals surface area contributed by atoms with E-state index in [-0.39, 0.29) is 0 Å². The smallest absolute Gasteiger partial charge is 0.411 e. The molecule has 1 aromatic rings. The third kappa shape index (κ3) is 4.44. The number of ether oxygens (including phenoxy) is 2. The molecule has 0 spiro atoms. The molecule has 0 atom stereocenters. The Morgan fingerprint density at radius 2 is 1.95 bits per heavy atom. The van der Waals surface area contributed by atoms with Gasteiger partial charge in [0.25, 0.3) is 0 Å². The van der Waals surface area contributed by atoms with Gasteiger partial charge in [-0.3, -0.25) is 10.2 Å². The van der Waals surface area contributed by atoms with E-state index in [1.165, 1.54) is 12.8 Å². The second kappa shape index (κ2) is 6.99. The van der Waals surface area contributed by atoms with Crippen molar-refractivity contribution in [3.63, 3.8) is 0 Å². The monoisotopic (exact) mass is 264 g/mol. The van der Waals surface area contributed by atoms with Crippen LogP contribution in [-0.2, 0) is 4.74 Å². The number of anilines is 1. The highest BCUT2D eigenvalue weighted by Gasteiger charge is 2.11. The van der Waals surface area contributed by atoms with E-state index < -0.39 is 6.09 Å². The van der Waals surface area contributed by atoms with Crippen molar-refractivity contribution in [2.45, 2.75) is 12.8 Å². The van der Waals surface area contributed by atoms with Crippen LogP contribution >= 0.6 is 0 Å². The number of methoxy groups -OCH3 is 1. The largest absolute Gasteiger partial charge is 0.497 e. The molecule has 2 rings (SSSR count). The number of nitrogens with zero attached hydrogens (tertiary/aromatic N) is 1. The average molecular weight is 264 g/mol. The molecule has 0 saturated carbocycles. The van der Waals surface area contributed by atoms with Crippen molar-refractivity contribution in [2.24, 2.45) is 0 Å². The molecule has 0 aliphatic carbocycles. The van der Waals surface area contributed by atoms with Crippen molar-refractivity contribution in [1.82, 2.24) is 4.90 Å². The van der Waals surface area contributed by atoms with E-state index >= 15 is 0 Å². The third-order valence-electron chi connectivity index (χ3n) is 3.18. The van der Waals surface area contributed by atoms with Gasteiger partial charge < -0.3 is 9.47 Å². The molecule has 0 bridgehead atoms. The van der Waals surface area contributed by atoms with Crippen LogP contribution in [0.25, 0.3) is 0 Å². The number of hydrogen-bond acceptors (Lipinski definition) is 4. The second-order valence-electron chi connectivity index (χ2n) is 4.54. The summed E-state index contributed by atoms with van der Waals surface area (Å²) in [5.41, 5.74) is 0.701. The van der Waals surface area contributed by atoms with Crippen LogP contribution < -0.4 is 10.1 Å². The van der Waals surface area contributed by atoms with Gasteiger partial charge in [-0.15, -0.1) is 0 Å². The maximum absolute atomic E-state index is 11.6. The fourth-order valence-electron chi connectivity index (χ4n) is 2.10. The van der Waals surface area contributed by atoms with E-state index in [4.69, 9.17) is 9.47 Å². The highest BCUT2D eigenvalue weighted by molar-refractivity contribution is 5.84. The van der Waals surface area contributed by atoms with Gasteiger partial charge >= 0.3 is 6.09 Å². The van der Waals surface area contributed by atoms with Crippen LogP contribution in [0.1, 0.15) is 12.8 Å². The molecule has 1 amide bonds. The number of hydrogen-bond donors (Lipinski definition) is 1. The summed E-state index contributed by atoms with van der Waals surface area (Å²) in [6.45, 7) is 3.48. The van der Waals surface area contributed by atoms with Crippen LogP contribution in [0.5, 0.6) is 5.75 Å². The molecule has 19 heavy (non-hydrogen) atoms. The molecule has 0 unspecified atom stereocenters. The van der Waals surface area contributed by atoms with Gasteiger partial charge in [0.2, 0.25) is 0 Å². The molecular formula is C14H20N2O3. The van der Waals surface area contributed by atoms with Crippen molar-refractivity contribution in [3.8, 4) is 5.75 Å². The first-order valence-electron chi connectivity index (χ1n) is 6.58. The van der Waals surface area contributed by atoms with Gasteiger partial charge in [0.05, 0.1) is 7.11 Å². The normalized spacial score (nSPS) is 15.2. The summed E-state index contributed by atoms with van der Waals surface area (Å²) in [5.74, 6) is 0.757. The molecule has 0 radical (unpaired) electrons. The summed E-state index contributed by atoms with van der Waals surface area (Å²) in [7, 11) is 1.61. The predicted octanol–water partition coefficient (Wildman–Crippen LogP) is 2.34. The molecule has 5 heteroatoms. The van der Waals surface area contributed by atoms with Gasteiger partial charge in [-0.05, 0) is 50.2 Å². The molecule has 1 heterocycles. The van der Waals surface area contributed by atoms with E-state index in [1.54, 1.807) is 31.4 Å². The van der Waals surface area contributed by atoms with Gasteiger partial charge in [-0.2, -0.15) is 0 Å². The fourth-order valence-corrected chi connectivity index (χ4v) is 2.10. The number of amides is 1. The number of carbonyl (C=O) groups is 1. The number of carbonyl (C=O) groups excluding carboxylic acids is 1. The van der Waals surface area contributed by atoms with Crippen molar-refractivity contribution >= 4 is 11.8 Å². The number of likely N-dealkylation sites (tertiary alicyclic amines) is 1. The Hall–Kier alpha value is -1.75. The van der Waals surface area contributed by atoms with E-state index in [1.807, 2.05) is 0 Å². The van der Waals surface area contributed by atoms with Crippen molar-refractivity contribution < 1.29 is 14.3 Å². The Balaban J connectivity index is 1.68. The van der Waals surface area contributed by atoms with Gasteiger partial charge in [0.1, 0.15) is 12.4 Å². The van der Waals surface area contributed by atoms with E-state index in [9.17, 15) is 4.79 Å². The van der Waals surface area contributed by atoms with Crippen LogP contribution in [0.4, 0.5) is 10.5 Å². The van der Waals surface area contributed by atoms with Crippen LogP contribution in [0.2, 0.25) is 0 Å². The second-order valence-corrected chi connectivity index (χ2v) is 4.54. The number of benzene rings is 1. The molecule has 0 aromatic heterocycles. The van der Waals surface area contributed by atoms with Crippen molar-refractivity contribution in [1.29, 1.82) is 0 Å². The lowest BCUT2D eigenvalue weighted by Gasteiger charge is -2.14. The molecule has 5 nitrogen and oxygen atoms in total. The summed E-state index contributed by atoms with van der Waals surface area (Å²) < 4.78 is 10.2. The Morgan fingerprint density at radius 1 is 1.26 bits per heavy atom. The first-order valence-corrected chi connectivity index (χ1v) is 6.58. The van der Waals surface area contributed by atoms with Crippen LogP contribution in [0.15, 0.2) is 24.3 Å². The minimum atomic E-state index is -0.413. The Labute approximate surface area is 113 Å². The highest BCUT2D eigenvalue weighted by Crippen LogP contribution is 2.15. The fraction of sp³-hybridized carbons (Fsp3) is 0.500. The van der Waals surface area contributed by atoms with Crippen LogP contribution in [0.3, 0.4) is 0 Å². The minimum Gasteiger partial charge on any atom is -0.497 e. The molecule has 1 aliphatic heterocycles. The van der Waals surface area contributed by atoms with Gasteiger partial charge in [-0.25, -0.2) is 4.79 Å². The van der Waals surface area contributed by atoms with E-state index in [0.29, 0.717) is 12.3 Å². The summed E-state index contributed by atoms with van der Waals surface area (Å²) in [6.07, 6.45) is 2.08. The minimum absolute atomic E-state index is 0.413. The maximum atomic E-state index is 11.6. The molecule has 1 aromatic carbocycles. The molecule has 1 fully saturated rings. The highest BCUT2D eigenvalue weighted by atomic mass is 16.5. The zero-order valence-corrected chi connectivity index (χ0v) is 11.2. The van der Waals surface area contributed by atoms with Crippen LogP contribution in [-0.4, -0.2) is 44.3 Å². The lowest BCUT2D eigenvalue weighted by Crippen LogP contribution is -2.26. The standard InChI is InChI=1S/C14H20N2O3/c1-18-13-6-4-12(5-7-13)15-14(17)19-11-10-16-8-2-3-9-16/h4-7H,2-3,8-11H2,1H3,(H,15,17). The molecule has 1 aliphatic rings. The molecular weight excluding hydrogens is 244 g/mol. The summed E-state index contributed by atoms with van der Waals surface area (Å²) >= 11 is 0. The zero-order chi connectivity index (χ0) is 13.5. The van der Waals surface area contributed by atoms with Gasteiger partial charge in [-0.1, -0.05) is 0 Å². The summed E-state index contributed by atoms with van der Waals surface area (Å²) in [4.78, 5) is 13.9. The third-order valence-corrected chi connectivity index (χ3v) is 3.18. The predicted molar refractivity (Wildman–Crippen MR) is 73.6 cm³/mol. The van der Waals surface area contributed by atoms with Gasteiger partial charge in [0, 0.05) is 12.2 Å².